The third-order valence-corrected chi connectivity index (χ3v) is 3.75. The van der Waals surface area contributed by atoms with Gasteiger partial charge in [-0.3, -0.25) is 5.10 Å². The first kappa shape index (κ1) is 17.2. The predicted molar refractivity (Wildman–Crippen MR) is 98.2 cm³/mol. The van der Waals surface area contributed by atoms with E-state index in [2.05, 4.69) is 33.7 Å². The number of benzene rings is 2. The van der Waals surface area contributed by atoms with E-state index >= 15 is 0 Å². The summed E-state index contributed by atoms with van der Waals surface area (Å²) < 4.78 is 5.37. The van der Waals surface area contributed by atoms with Crippen LogP contribution < -0.4 is 5.32 Å². The fourth-order valence-electron chi connectivity index (χ4n) is 2.54. The minimum absolute atomic E-state index is 0.292. The van der Waals surface area contributed by atoms with Gasteiger partial charge in [0.2, 0.25) is 0 Å². The maximum atomic E-state index is 12.0. The number of hydrogen-bond donors (Lipinski definition) is 2. The average Bonchev–Trinajstić information content (AvgIpc) is 3.01. The van der Waals surface area contributed by atoms with E-state index in [1.165, 1.54) is 5.56 Å². The van der Waals surface area contributed by atoms with E-state index in [1.54, 1.807) is 0 Å². The number of nitrogens with zero attached hydrogens (tertiary/aromatic N) is 1. The molecule has 5 nitrogen and oxygen atoms in total. The molecule has 0 unspecified atom stereocenters. The molecular weight excluding hydrogens is 314 g/mol. The molecule has 0 radical (unpaired) electrons. The minimum atomic E-state index is -0.479. The zero-order valence-electron chi connectivity index (χ0n) is 14.8. The normalized spacial score (nSPS) is 11.6. The SMILES string of the molecule is CC(C)(C)OC(=O)c1ccc(CNCc2ccc3cn[nH]c3c2)cc1. The third kappa shape index (κ3) is 4.67. The molecule has 0 aliphatic heterocycles. The fourth-order valence-corrected chi connectivity index (χ4v) is 2.54. The van der Waals surface area contributed by atoms with Crippen LogP contribution in [-0.4, -0.2) is 21.8 Å². The molecule has 3 rings (SSSR count). The number of hydrogen-bond acceptors (Lipinski definition) is 4. The second-order valence-corrected chi connectivity index (χ2v) is 7.09. The molecule has 1 heterocycles. The fraction of sp³-hybridized carbons (Fsp3) is 0.300. The summed E-state index contributed by atoms with van der Waals surface area (Å²) in [5, 5.41) is 11.5. The van der Waals surface area contributed by atoms with Crippen LogP contribution in [0.5, 0.6) is 0 Å². The Morgan fingerprint density at radius 1 is 1.08 bits per heavy atom. The number of carbonyl (C=O) groups is 1. The summed E-state index contributed by atoms with van der Waals surface area (Å²) in [6.45, 7) is 7.09. The Morgan fingerprint density at radius 3 is 2.48 bits per heavy atom. The van der Waals surface area contributed by atoms with Gasteiger partial charge in [-0.25, -0.2) is 4.79 Å². The van der Waals surface area contributed by atoms with Crippen LogP contribution in [0.25, 0.3) is 10.9 Å². The monoisotopic (exact) mass is 337 g/mol. The zero-order chi connectivity index (χ0) is 17.9. The van der Waals surface area contributed by atoms with Gasteiger partial charge in [0, 0.05) is 18.5 Å². The standard InChI is InChI=1S/C20H23N3O2/c1-20(2,3)25-19(24)16-7-4-14(5-8-16)11-21-12-15-6-9-17-13-22-23-18(17)10-15/h4-10,13,21H,11-12H2,1-3H3,(H,22,23). The average molecular weight is 337 g/mol. The number of carbonyl (C=O) groups excluding carboxylic acids is 1. The van der Waals surface area contributed by atoms with Crippen molar-refractivity contribution in [3.05, 3.63) is 65.4 Å². The van der Waals surface area contributed by atoms with E-state index < -0.39 is 5.60 Å². The molecule has 0 amide bonds. The lowest BCUT2D eigenvalue weighted by Gasteiger charge is -2.19. The molecule has 0 spiro atoms. The van der Waals surface area contributed by atoms with Crippen LogP contribution in [0.4, 0.5) is 0 Å². The molecule has 0 fully saturated rings. The first-order valence-electron chi connectivity index (χ1n) is 8.36. The Bertz CT molecular complexity index is 861. The molecule has 0 bridgehead atoms. The lowest BCUT2D eigenvalue weighted by Crippen LogP contribution is -2.23. The molecule has 5 heteroatoms. The zero-order valence-corrected chi connectivity index (χ0v) is 14.8. The minimum Gasteiger partial charge on any atom is -0.456 e. The van der Waals surface area contributed by atoms with Crippen LogP contribution in [0.2, 0.25) is 0 Å². The first-order valence-corrected chi connectivity index (χ1v) is 8.36. The number of aromatic amines is 1. The van der Waals surface area contributed by atoms with Crippen molar-refractivity contribution in [2.75, 3.05) is 0 Å². The number of ether oxygens (including phenoxy) is 1. The topological polar surface area (TPSA) is 67.0 Å². The van der Waals surface area contributed by atoms with Gasteiger partial charge in [-0.2, -0.15) is 5.10 Å². The number of rotatable bonds is 5. The summed E-state index contributed by atoms with van der Waals surface area (Å²) in [7, 11) is 0. The molecular formula is C20H23N3O2. The highest BCUT2D eigenvalue weighted by molar-refractivity contribution is 5.89. The number of aromatic nitrogens is 2. The van der Waals surface area contributed by atoms with Crippen molar-refractivity contribution in [3.8, 4) is 0 Å². The van der Waals surface area contributed by atoms with Gasteiger partial charge < -0.3 is 10.1 Å². The molecule has 0 atom stereocenters. The van der Waals surface area contributed by atoms with Crippen LogP contribution in [0.1, 0.15) is 42.3 Å². The maximum Gasteiger partial charge on any atom is 0.338 e. The molecule has 25 heavy (non-hydrogen) atoms. The lowest BCUT2D eigenvalue weighted by atomic mass is 10.1. The van der Waals surface area contributed by atoms with Crippen LogP contribution in [-0.2, 0) is 17.8 Å². The Kier molecular flexibility index (Phi) is 4.86. The van der Waals surface area contributed by atoms with Crippen molar-refractivity contribution in [3.63, 3.8) is 0 Å². The molecule has 0 aliphatic rings. The van der Waals surface area contributed by atoms with Gasteiger partial charge >= 0.3 is 5.97 Å². The van der Waals surface area contributed by atoms with E-state index in [0.717, 1.165) is 29.6 Å². The van der Waals surface area contributed by atoms with E-state index in [9.17, 15) is 4.79 Å². The Labute approximate surface area is 147 Å². The smallest absolute Gasteiger partial charge is 0.338 e. The van der Waals surface area contributed by atoms with Gasteiger partial charge in [0.1, 0.15) is 5.60 Å². The molecule has 0 aliphatic carbocycles. The summed E-state index contributed by atoms with van der Waals surface area (Å²) >= 11 is 0. The molecule has 130 valence electrons. The van der Waals surface area contributed by atoms with Crippen LogP contribution >= 0.6 is 0 Å². The van der Waals surface area contributed by atoms with Crippen molar-refractivity contribution in [2.24, 2.45) is 0 Å². The summed E-state index contributed by atoms with van der Waals surface area (Å²) in [6, 6.07) is 13.8. The van der Waals surface area contributed by atoms with Crippen LogP contribution in [0.3, 0.4) is 0 Å². The van der Waals surface area contributed by atoms with Crippen molar-refractivity contribution >= 4 is 16.9 Å². The highest BCUT2D eigenvalue weighted by Crippen LogP contribution is 2.14. The van der Waals surface area contributed by atoms with E-state index in [4.69, 9.17) is 4.74 Å². The maximum absolute atomic E-state index is 12.0. The van der Waals surface area contributed by atoms with Crippen molar-refractivity contribution in [1.82, 2.24) is 15.5 Å². The van der Waals surface area contributed by atoms with Gasteiger partial charge in [0.15, 0.2) is 0 Å². The summed E-state index contributed by atoms with van der Waals surface area (Å²) in [4.78, 5) is 12.0. The summed E-state index contributed by atoms with van der Waals surface area (Å²) in [5.41, 5.74) is 3.45. The highest BCUT2D eigenvalue weighted by Gasteiger charge is 2.17. The summed E-state index contributed by atoms with van der Waals surface area (Å²) in [6.07, 6.45) is 1.82. The van der Waals surface area contributed by atoms with Crippen LogP contribution in [0.15, 0.2) is 48.7 Å². The van der Waals surface area contributed by atoms with Gasteiger partial charge in [-0.15, -0.1) is 0 Å². The number of esters is 1. The van der Waals surface area contributed by atoms with Crippen molar-refractivity contribution < 1.29 is 9.53 Å². The molecule has 3 aromatic rings. The van der Waals surface area contributed by atoms with Gasteiger partial charge in [0.25, 0.3) is 0 Å². The van der Waals surface area contributed by atoms with Crippen LogP contribution in [0, 0.1) is 0 Å². The number of fused-ring (bicyclic) bond motifs is 1. The summed E-state index contributed by atoms with van der Waals surface area (Å²) in [5.74, 6) is -0.292. The lowest BCUT2D eigenvalue weighted by molar-refractivity contribution is 0.00695. The number of nitrogens with one attached hydrogen (secondary N) is 2. The second kappa shape index (κ2) is 7.07. The number of H-pyrrole nitrogens is 1. The first-order chi connectivity index (χ1) is 11.9. The van der Waals surface area contributed by atoms with E-state index in [1.807, 2.05) is 51.2 Å². The molecule has 2 aromatic carbocycles. The Balaban J connectivity index is 1.54. The highest BCUT2D eigenvalue weighted by atomic mass is 16.6. The van der Waals surface area contributed by atoms with E-state index in [-0.39, 0.29) is 5.97 Å². The molecule has 2 N–H and O–H groups in total. The van der Waals surface area contributed by atoms with Gasteiger partial charge in [0.05, 0.1) is 17.3 Å². The quantitative estimate of drug-likeness (QED) is 0.695. The Morgan fingerprint density at radius 2 is 1.76 bits per heavy atom. The van der Waals surface area contributed by atoms with E-state index in [0.29, 0.717) is 5.56 Å². The van der Waals surface area contributed by atoms with Gasteiger partial charge in [-0.05, 0) is 50.1 Å². The van der Waals surface area contributed by atoms with Crippen molar-refractivity contribution in [1.29, 1.82) is 0 Å². The second-order valence-electron chi connectivity index (χ2n) is 7.09. The molecule has 0 saturated heterocycles. The third-order valence-electron chi connectivity index (χ3n) is 3.75. The van der Waals surface area contributed by atoms with Gasteiger partial charge in [-0.1, -0.05) is 24.3 Å². The molecule has 1 aromatic heterocycles. The predicted octanol–water partition coefficient (Wildman–Crippen LogP) is 3.81. The largest absolute Gasteiger partial charge is 0.456 e. The molecule has 0 saturated carbocycles. The van der Waals surface area contributed by atoms with Crippen molar-refractivity contribution in [2.45, 2.75) is 39.5 Å². The Hall–Kier alpha value is -2.66.